The summed E-state index contributed by atoms with van der Waals surface area (Å²) in [6.45, 7) is 1.85. The maximum absolute atomic E-state index is 12.8. The van der Waals surface area contributed by atoms with Gasteiger partial charge in [-0.15, -0.1) is 12.4 Å². The molecule has 3 N–H and O–H groups in total. The second kappa shape index (κ2) is 7.31. The minimum atomic E-state index is -0.277. The van der Waals surface area contributed by atoms with Crippen molar-refractivity contribution in [2.45, 2.75) is 32.2 Å². The molecule has 2 amide bonds. The lowest BCUT2D eigenvalue weighted by Gasteiger charge is -2.36. The van der Waals surface area contributed by atoms with Gasteiger partial charge in [-0.05, 0) is 25.3 Å². The van der Waals surface area contributed by atoms with Crippen LogP contribution in [-0.4, -0.2) is 41.7 Å². The van der Waals surface area contributed by atoms with Gasteiger partial charge in [0.2, 0.25) is 11.8 Å². The van der Waals surface area contributed by atoms with Crippen LogP contribution in [0.3, 0.4) is 0 Å². The number of halogens is 1. The molecule has 8 heteroatoms. The molecule has 1 saturated carbocycles. The Hall–Kier alpha value is -1.60. The van der Waals surface area contributed by atoms with Gasteiger partial charge in [-0.2, -0.15) is 5.10 Å². The summed E-state index contributed by atoms with van der Waals surface area (Å²) in [7, 11) is 1.59. The zero-order chi connectivity index (χ0) is 15.6. The minimum Gasteiger partial charge on any atom is -0.358 e. The molecule has 2 aliphatic rings. The van der Waals surface area contributed by atoms with E-state index in [4.69, 9.17) is 0 Å². The Morgan fingerprint density at radius 2 is 2.30 bits per heavy atom. The van der Waals surface area contributed by atoms with Gasteiger partial charge in [0.25, 0.3) is 0 Å². The molecule has 1 aromatic heterocycles. The van der Waals surface area contributed by atoms with Crippen LogP contribution in [0.1, 0.15) is 25.7 Å². The Kier molecular flexibility index (Phi) is 5.64. The van der Waals surface area contributed by atoms with Crippen molar-refractivity contribution in [2.24, 2.45) is 11.3 Å². The van der Waals surface area contributed by atoms with Gasteiger partial charge >= 0.3 is 0 Å². The zero-order valence-corrected chi connectivity index (χ0v) is 14.1. The summed E-state index contributed by atoms with van der Waals surface area (Å²) in [6.07, 6.45) is 7.69. The van der Waals surface area contributed by atoms with E-state index in [1.165, 1.54) is 11.1 Å². The topological polar surface area (TPSA) is 88.0 Å². The number of aromatic nitrogens is 2. The fourth-order valence-electron chi connectivity index (χ4n) is 3.69. The Morgan fingerprint density at radius 3 is 3.09 bits per heavy atom. The highest BCUT2D eigenvalue weighted by Crippen LogP contribution is 2.44. The molecule has 1 aromatic rings. The van der Waals surface area contributed by atoms with Crippen LogP contribution in [-0.2, 0) is 16.1 Å². The molecule has 23 heavy (non-hydrogen) atoms. The SMILES string of the molecule is CNC(=O)Cn1cc(NC(=O)[C@@]23CCCC[C@H]2CNC3)cn1.Cl. The second-order valence-corrected chi connectivity index (χ2v) is 6.28. The molecule has 3 rings (SSSR count). The lowest BCUT2D eigenvalue weighted by atomic mass is 9.67. The van der Waals surface area contributed by atoms with Crippen LogP contribution in [0.25, 0.3) is 0 Å². The molecule has 2 heterocycles. The van der Waals surface area contributed by atoms with Crippen molar-refractivity contribution in [3.63, 3.8) is 0 Å². The van der Waals surface area contributed by atoms with Crippen molar-refractivity contribution in [1.82, 2.24) is 20.4 Å². The van der Waals surface area contributed by atoms with Crippen molar-refractivity contribution in [3.8, 4) is 0 Å². The highest BCUT2D eigenvalue weighted by molar-refractivity contribution is 5.96. The second-order valence-electron chi connectivity index (χ2n) is 6.28. The first-order valence-corrected chi connectivity index (χ1v) is 7.89. The number of nitrogens with one attached hydrogen (secondary N) is 3. The number of likely N-dealkylation sites (N-methyl/N-ethyl adjacent to an activating group) is 1. The molecule has 128 valence electrons. The number of hydrogen-bond donors (Lipinski definition) is 3. The molecule has 0 aromatic carbocycles. The third-order valence-electron chi connectivity index (χ3n) is 4.97. The fourth-order valence-corrected chi connectivity index (χ4v) is 3.69. The van der Waals surface area contributed by atoms with Gasteiger partial charge in [-0.25, -0.2) is 0 Å². The molecule has 0 bridgehead atoms. The smallest absolute Gasteiger partial charge is 0.241 e. The first-order chi connectivity index (χ1) is 10.6. The largest absolute Gasteiger partial charge is 0.358 e. The summed E-state index contributed by atoms with van der Waals surface area (Å²) in [5, 5.41) is 13.0. The van der Waals surface area contributed by atoms with Crippen molar-refractivity contribution < 1.29 is 9.59 Å². The van der Waals surface area contributed by atoms with E-state index in [2.05, 4.69) is 21.0 Å². The quantitative estimate of drug-likeness (QED) is 0.754. The molecule has 7 nitrogen and oxygen atoms in total. The lowest BCUT2D eigenvalue weighted by molar-refractivity contribution is -0.128. The summed E-state index contributed by atoms with van der Waals surface area (Å²) < 4.78 is 1.53. The molecule has 2 atom stereocenters. The number of anilines is 1. The Balaban J connectivity index is 0.00000192. The van der Waals surface area contributed by atoms with Crippen molar-refractivity contribution in [2.75, 3.05) is 25.5 Å². The predicted octanol–water partition coefficient (Wildman–Crippen LogP) is 0.769. The average molecular weight is 342 g/mol. The van der Waals surface area contributed by atoms with Gasteiger partial charge < -0.3 is 16.0 Å². The molecule has 1 aliphatic heterocycles. The van der Waals surface area contributed by atoms with Crippen molar-refractivity contribution >= 4 is 29.9 Å². The van der Waals surface area contributed by atoms with E-state index in [9.17, 15) is 9.59 Å². The maximum Gasteiger partial charge on any atom is 0.241 e. The van der Waals surface area contributed by atoms with Crippen molar-refractivity contribution in [3.05, 3.63) is 12.4 Å². The number of rotatable bonds is 4. The average Bonchev–Trinajstić information content (AvgIpc) is 3.14. The zero-order valence-electron chi connectivity index (χ0n) is 13.3. The number of nitrogens with zero attached hydrogens (tertiary/aromatic N) is 2. The van der Waals surface area contributed by atoms with Gasteiger partial charge in [-0.3, -0.25) is 14.3 Å². The fraction of sp³-hybridized carbons (Fsp3) is 0.667. The van der Waals surface area contributed by atoms with Gasteiger partial charge in [0, 0.05) is 19.8 Å². The highest BCUT2D eigenvalue weighted by atomic mass is 35.5. The van der Waals surface area contributed by atoms with Crippen LogP contribution in [0.2, 0.25) is 0 Å². The van der Waals surface area contributed by atoms with Gasteiger partial charge in [0.05, 0.1) is 17.3 Å². The van der Waals surface area contributed by atoms with Crippen LogP contribution >= 0.6 is 12.4 Å². The van der Waals surface area contributed by atoms with Crippen LogP contribution in [0.4, 0.5) is 5.69 Å². The number of amides is 2. The van der Waals surface area contributed by atoms with Gasteiger partial charge in [-0.1, -0.05) is 12.8 Å². The lowest BCUT2D eigenvalue weighted by Crippen LogP contribution is -2.44. The summed E-state index contributed by atoms with van der Waals surface area (Å²) in [5.41, 5.74) is 0.376. The maximum atomic E-state index is 12.8. The number of carbonyl (C=O) groups excluding carboxylic acids is 2. The highest BCUT2D eigenvalue weighted by Gasteiger charge is 2.49. The standard InChI is InChI=1S/C15H23N5O2.ClH/c1-16-13(21)9-20-8-12(7-18-20)19-14(22)15-5-3-2-4-11(15)6-17-10-15;/h7-8,11,17H,2-6,9-10H2,1H3,(H,16,21)(H,19,22);1H/t11-,15+;/m0./s1. The summed E-state index contributed by atoms with van der Waals surface area (Å²) in [4.78, 5) is 24.1. The van der Waals surface area contributed by atoms with E-state index in [1.54, 1.807) is 19.4 Å². The van der Waals surface area contributed by atoms with E-state index in [0.29, 0.717) is 11.6 Å². The third kappa shape index (κ3) is 3.50. The molecule has 1 saturated heterocycles. The first-order valence-electron chi connectivity index (χ1n) is 7.89. The van der Waals surface area contributed by atoms with Crippen LogP contribution in [0, 0.1) is 11.3 Å². The molecule has 2 fully saturated rings. The van der Waals surface area contributed by atoms with E-state index in [-0.39, 0.29) is 36.2 Å². The summed E-state index contributed by atoms with van der Waals surface area (Å²) in [5.74, 6) is 0.399. The third-order valence-corrected chi connectivity index (χ3v) is 4.97. The van der Waals surface area contributed by atoms with E-state index < -0.39 is 0 Å². The minimum absolute atomic E-state index is 0. The number of fused-ring (bicyclic) bond motifs is 1. The van der Waals surface area contributed by atoms with E-state index in [0.717, 1.165) is 32.4 Å². The van der Waals surface area contributed by atoms with Gasteiger partial charge in [0.1, 0.15) is 6.54 Å². The normalized spacial score (nSPS) is 26.0. The van der Waals surface area contributed by atoms with Crippen LogP contribution in [0.5, 0.6) is 0 Å². The molecule has 0 spiro atoms. The molecular formula is C15H24ClN5O2. The van der Waals surface area contributed by atoms with E-state index >= 15 is 0 Å². The number of carbonyl (C=O) groups is 2. The Labute approximate surface area is 142 Å². The van der Waals surface area contributed by atoms with Crippen molar-refractivity contribution in [1.29, 1.82) is 0 Å². The monoisotopic (exact) mass is 341 g/mol. The molecule has 1 aliphatic carbocycles. The van der Waals surface area contributed by atoms with Crippen LogP contribution in [0.15, 0.2) is 12.4 Å². The first kappa shape index (κ1) is 17.7. The van der Waals surface area contributed by atoms with E-state index in [1.807, 2.05) is 0 Å². The summed E-state index contributed by atoms with van der Waals surface area (Å²) in [6, 6.07) is 0. The predicted molar refractivity (Wildman–Crippen MR) is 89.4 cm³/mol. The molecule has 0 radical (unpaired) electrons. The Morgan fingerprint density at radius 1 is 1.48 bits per heavy atom. The van der Waals surface area contributed by atoms with Crippen LogP contribution < -0.4 is 16.0 Å². The summed E-state index contributed by atoms with van der Waals surface area (Å²) >= 11 is 0. The number of hydrogen-bond acceptors (Lipinski definition) is 4. The Bertz CT molecular complexity index is 576. The molecule has 0 unspecified atom stereocenters. The van der Waals surface area contributed by atoms with Gasteiger partial charge in [0.15, 0.2) is 0 Å². The molecular weight excluding hydrogens is 318 g/mol.